The molecule has 0 aromatic heterocycles. The molecule has 1 amide bonds. The average Bonchev–Trinajstić information content (AvgIpc) is 3.05. The molecule has 8 heteroatoms. The molecule has 3 rings (SSSR count). The maximum absolute atomic E-state index is 14.1. The Hall–Kier alpha value is -2.61. The van der Waals surface area contributed by atoms with Gasteiger partial charge >= 0.3 is 6.18 Å². The Kier molecular flexibility index (Phi) is 7.31. The summed E-state index contributed by atoms with van der Waals surface area (Å²) in [6.45, 7) is 1.58. The Bertz CT molecular complexity index is 843. The molecule has 1 aliphatic heterocycles. The molecule has 1 fully saturated rings. The van der Waals surface area contributed by atoms with Gasteiger partial charge in [-0.2, -0.15) is 13.2 Å². The molecule has 4 nitrogen and oxygen atoms in total. The van der Waals surface area contributed by atoms with Crippen LogP contribution < -0.4 is 10.1 Å². The van der Waals surface area contributed by atoms with Gasteiger partial charge in [0.1, 0.15) is 18.2 Å². The molecule has 0 saturated carbocycles. The molecule has 0 spiro atoms. The molecule has 0 bridgehead atoms. The number of nitrogens with zero attached hydrogens (tertiary/aromatic N) is 1. The Balaban J connectivity index is 1.49. The maximum Gasteiger partial charge on any atom is 0.416 e. The number of hydrogen-bond donors (Lipinski definition) is 1. The van der Waals surface area contributed by atoms with Gasteiger partial charge in [0.2, 0.25) is 5.91 Å². The van der Waals surface area contributed by atoms with Gasteiger partial charge in [0.05, 0.1) is 5.56 Å². The zero-order chi connectivity index (χ0) is 21.6. The minimum atomic E-state index is -4.55. The molecule has 2 aromatic rings. The summed E-state index contributed by atoms with van der Waals surface area (Å²) in [4.78, 5) is 13.7. The van der Waals surface area contributed by atoms with Gasteiger partial charge in [0, 0.05) is 31.1 Å². The van der Waals surface area contributed by atoms with Crippen LogP contribution >= 0.6 is 0 Å². The molecule has 162 valence electrons. The molecule has 1 aliphatic rings. The van der Waals surface area contributed by atoms with Crippen LogP contribution in [0.3, 0.4) is 0 Å². The van der Waals surface area contributed by atoms with Gasteiger partial charge in [-0.05, 0) is 49.7 Å². The van der Waals surface area contributed by atoms with Crippen molar-refractivity contribution in [1.29, 1.82) is 0 Å². The Morgan fingerprint density at radius 1 is 1.10 bits per heavy atom. The quantitative estimate of drug-likeness (QED) is 0.480. The monoisotopic (exact) mass is 424 g/mol. The van der Waals surface area contributed by atoms with Crippen molar-refractivity contribution in [2.24, 2.45) is 0 Å². The van der Waals surface area contributed by atoms with E-state index in [-0.39, 0.29) is 24.1 Å². The zero-order valence-electron chi connectivity index (χ0n) is 16.4. The minimum absolute atomic E-state index is 0.116. The van der Waals surface area contributed by atoms with E-state index in [1.807, 2.05) is 30.3 Å². The van der Waals surface area contributed by atoms with Crippen molar-refractivity contribution in [1.82, 2.24) is 10.2 Å². The van der Waals surface area contributed by atoms with Crippen LogP contribution in [0.15, 0.2) is 48.5 Å². The summed E-state index contributed by atoms with van der Waals surface area (Å²) in [6, 6.07) is 11.6. The van der Waals surface area contributed by atoms with Crippen LogP contribution in [0.5, 0.6) is 5.75 Å². The van der Waals surface area contributed by atoms with Gasteiger partial charge in [-0.3, -0.25) is 4.79 Å². The van der Waals surface area contributed by atoms with Gasteiger partial charge in [0.15, 0.2) is 0 Å². The lowest BCUT2D eigenvalue weighted by Gasteiger charge is -2.25. The maximum atomic E-state index is 14.1. The number of carbonyl (C=O) groups is 1. The number of para-hydroxylation sites is 1. The molecule has 0 aliphatic carbocycles. The predicted molar refractivity (Wildman–Crippen MR) is 104 cm³/mol. The summed E-state index contributed by atoms with van der Waals surface area (Å²) in [7, 11) is 0. The number of benzene rings is 2. The Morgan fingerprint density at radius 3 is 2.60 bits per heavy atom. The fourth-order valence-corrected chi connectivity index (χ4v) is 3.52. The van der Waals surface area contributed by atoms with E-state index >= 15 is 0 Å². The van der Waals surface area contributed by atoms with Crippen molar-refractivity contribution in [2.75, 3.05) is 19.7 Å². The number of likely N-dealkylation sites (tertiary alicyclic amines) is 1. The number of ether oxygens (including phenoxy) is 1. The van der Waals surface area contributed by atoms with E-state index in [9.17, 15) is 22.4 Å². The number of amides is 1. The van der Waals surface area contributed by atoms with Gasteiger partial charge in [-0.25, -0.2) is 4.39 Å². The van der Waals surface area contributed by atoms with Gasteiger partial charge in [0.25, 0.3) is 0 Å². The fraction of sp³-hybridized carbons (Fsp3) is 0.409. The first-order chi connectivity index (χ1) is 14.3. The van der Waals surface area contributed by atoms with Gasteiger partial charge in [-0.15, -0.1) is 0 Å². The minimum Gasteiger partial charge on any atom is -0.492 e. The number of carbonyl (C=O) groups excluding carboxylic acids is 1. The average molecular weight is 424 g/mol. The first-order valence-corrected chi connectivity index (χ1v) is 9.88. The highest BCUT2D eigenvalue weighted by molar-refractivity contribution is 5.78. The smallest absolute Gasteiger partial charge is 0.416 e. The normalized spacial score (nSPS) is 16.9. The van der Waals surface area contributed by atoms with Crippen LogP contribution in [-0.2, 0) is 17.5 Å². The first-order valence-electron chi connectivity index (χ1n) is 9.88. The summed E-state index contributed by atoms with van der Waals surface area (Å²) in [5.41, 5.74) is -1.03. The molecule has 30 heavy (non-hydrogen) atoms. The van der Waals surface area contributed by atoms with Crippen molar-refractivity contribution >= 4 is 5.91 Å². The van der Waals surface area contributed by atoms with E-state index in [2.05, 4.69) is 5.32 Å². The van der Waals surface area contributed by atoms with E-state index in [0.29, 0.717) is 45.0 Å². The number of alkyl halides is 3. The highest BCUT2D eigenvalue weighted by atomic mass is 19.4. The topological polar surface area (TPSA) is 41.6 Å². The highest BCUT2D eigenvalue weighted by Gasteiger charge is 2.33. The molecular weight excluding hydrogens is 400 g/mol. The SMILES string of the molecule is O=C1CC[C@H](CCNCCOc2ccccc2)N1Cc1cc(C(F)(F)F)ccc1F. The van der Waals surface area contributed by atoms with E-state index < -0.39 is 17.6 Å². The molecule has 2 aromatic carbocycles. The Morgan fingerprint density at radius 2 is 1.87 bits per heavy atom. The summed E-state index contributed by atoms with van der Waals surface area (Å²) < 4.78 is 58.4. The highest BCUT2D eigenvalue weighted by Crippen LogP contribution is 2.31. The standard InChI is InChI=1S/C22H24F4N2O2/c23-20-8-6-17(22(24,25)26)14-16(20)15-28-18(7-9-21(28)29)10-11-27-12-13-30-19-4-2-1-3-5-19/h1-6,8,14,18,27H,7,9-13,15H2/t18-/m1/s1. The summed E-state index contributed by atoms with van der Waals surface area (Å²) in [5.74, 6) is -0.114. The third-order valence-electron chi connectivity index (χ3n) is 5.11. The predicted octanol–water partition coefficient (Wildman–Crippen LogP) is 4.39. The van der Waals surface area contributed by atoms with E-state index in [0.717, 1.165) is 17.9 Å². The van der Waals surface area contributed by atoms with Crippen LogP contribution in [-0.4, -0.2) is 36.5 Å². The lowest BCUT2D eigenvalue weighted by Crippen LogP contribution is -2.35. The molecular formula is C22H24F4N2O2. The molecule has 1 atom stereocenters. The fourth-order valence-electron chi connectivity index (χ4n) is 3.52. The number of nitrogens with one attached hydrogen (secondary N) is 1. The van der Waals surface area contributed by atoms with Gasteiger partial charge in [-0.1, -0.05) is 18.2 Å². The van der Waals surface area contributed by atoms with E-state index in [4.69, 9.17) is 4.74 Å². The lowest BCUT2D eigenvalue weighted by atomic mass is 10.1. The summed E-state index contributed by atoms with van der Waals surface area (Å²) in [6.07, 6.45) is -2.98. The van der Waals surface area contributed by atoms with Crippen LogP contribution in [0.2, 0.25) is 0 Å². The third-order valence-corrected chi connectivity index (χ3v) is 5.11. The number of halogens is 4. The summed E-state index contributed by atoms with van der Waals surface area (Å²) >= 11 is 0. The molecule has 1 heterocycles. The van der Waals surface area contributed by atoms with E-state index in [1.165, 1.54) is 4.90 Å². The van der Waals surface area contributed by atoms with Crippen molar-refractivity contribution in [3.63, 3.8) is 0 Å². The molecule has 1 saturated heterocycles. The molecule has 1 N–H and O–H groups in total. The van der Waals surface area contributed by atoms with Crippen LogP contribution in [0.25, 0.3) is 0 Å². The zero-order valence-corrected chi connectivity index (χ0v) is 16.4. The van der Waals surface area contributed by atoms with Crippen molar-refractivity contribution in [3.05, 3.63) is 65.5 Å². The Labute approximate surface area is 172 Å². The van der Waals surface area contributed by atoms with Crippen LogP contribution in [0.4, 0.5) is 17.6 Å². The van der Waals surface area contributed by atoms with Crippen molar-refractivity contribution in [3.8, 4) is 5.75 Å². The lowest BCUT2D eigenvalue weighted by molar-refractivity contribution is -0.137. The third kappa shape index (κ3) is 5.95. The number of hydrogen-bond acceptors (Lipinski definition) is 3. The second-order valence-electron chi connectivity index (χ2n) is 7.22. The number of rotatable bonds is 9. The van der Waals surface area contributed by atoms with E-state index in [1.54, 1.807) is 0 Å². The molecule has 0 radical (unpaired) electrons. The van der Waals surface area contributed by atoms with Crippen LogP contribution in [0.1, 0.15) is 30.4 Å². The van der Waals surface area contributed by atoms with Crippen molar-refractivity contribution < 1.29 is 27.1 Å². The summed E-state index contributed by atoms with van der Waals surface area (Å²) in [5, 5.41) is 3.24. The first kappa shape index (κ1) is 22.1. The molecule has 0 unspecified atom stereocenters. The van der Waals surface area contributed by atoms with Crippen LogP contribution in [0, 0.1) is 5.82 Å². The largest absolute Gasteiger partial charge is 0.492 e. The second-order valence-corrected chi connectivity index (χ2v) is 7.22. The second kappa shape index (κ2) is 9.93. The van der Waals surface area contributed by atoms with Crippen molar-refractivity contribution in [2.45, 2.75) is 38.0 Å². The van der Waals surface area contributed by atoms with Gasteiger partial charge < -0.3 is 15.0 Å².